The molecule has 2 aromatic heterocycles. The van der Waals surface area contributed by atoms with Gasteiger partial charge >= 0.3 is 0 Å². The summed E-state index contributed by atoms with van der Waals surface area (Å²) in [6, 6.07) is 1.83. The minimum Gasteiger partial charge on any atom is -0.373 e. The largest absolute Gasteiger partial charge is 0.373 e. The van der Waals surface area contributed by atoms with Crippen LogP contribution in [0.2, 0.25) is 0 Å². The van der Waals surface area contributed by atoms with Crippen LogP contribution in [-0.2, 0) is 6.54 Å². The zero-order valence-corrected chi connectivity index (χ0v) is 12.5. The molecular formula is C13H19N5S. The van der Waals surface area contributed by atoms with Gasteiger partial charge in [-0.2, -0.15) is 4.98 Å². The first-order valence-electron chi connectivity index (χ1n) is 6.31. The van der Waals surface area contributed by atoms with Crippen LogP contribution < -0.4 is 10.6 Å². The maximum Gasteiger partial charge on any atom is 0.224 e. The number of thiazole rings is 1. The molecule has 6 heteroatoms. The van der Waals surface area contributed by atoms with Crippen molar-refractivity contribution in [1.82, 2.24) is 15.0 Å². The van der Waals surface area contributed by atoms with Gasteiger partial charge in [0.25, 0.3) is 0 Å². The monoisotopic (exact) mass is 277 g/mol. The van der Waals surface area contributed by atoms with Gasteiger partial charge in [0.2, 0.25) is 5.95 Å². The van der Waals surface area contributed by atoms with Crippen LogP contribution in [0.4, 0.5) is 11.8 Å². The molecule has 0 atom stereocenters. The Morgan fingerprint density at radius 1 is 1.32 bits per heavy atom. The number of aromatic nitrogens is 3. The van der Waals surface area contributed by atoms with E-state index in [1.54, 1.807) is 17.5 Å². The minimum absolute atomic E-state index is 0.473. The summed E-state index contributed by atoms with van der Waals surface area (Å²) in [4.78, 5) is 14.3. The topological polar surface area (TPSA) is 62.7 Å². The Morgan fingerprint density at radius 3 is 2.74 bits per heavy atom. The van der Waals surface area contributed by atoms with Crippen LogP contribution in [0.25, 0.3) is 0 Å². The van der Waals surface area contributed by atoms with Gasteiger partial charge in [0.1, 0.15) is 5.82 Å². The zero-order chi connectivity index (χ0) is 13.8. The molecule has 102 valence electrons. The molecule has 0 fully saturated rings. The Kier molecular flexibility index (Phi) is 4.31. The number of hydrogen-bond donors (Lipinski definition) is 2. The van der Waals surface area contributed by atoms with Crippen molar-refractivity contribution < 1.29 is 0 Å². The van der Waals surface area contributed by atoms with E-state index in [2.05, 4.69) is 39.4 Å². The van der Waals surface area contributed by atoms with E-state index in [0.717, 1.165) is 11.5 Å². The highest BCUT2D eigenvalue weighted by Gasteiger charge is 2.10. The first kappa shape index (κ1) is 13.7. The predicted molar refractivity (Wildman–Crippen MR) is 79.8 cm³/mol. The lowest BCUT2D eigenvalue weighted by molar-refractivity contribution is 0.846. The molecule has 2 N–H and O–H groups in total. The maximum atomic E-state index is 4.58. The van der Waals surface area contributed by atoms with Crippen LogP contribution >= 0.6 is 11.3 Å². The number of aryl methyl sites for hydroxylation is 1. The van der Waals surface area contributed by atoms with E-state index < -0.39 is 0 Å². The highest BCUT2D eigenvalue weighted by atomic mass is 32.1. The molecule has 19 heavy (non-hydrogen) atoms. The smallest absolute Gasteiger partial charge is 0.224 e. The standard InChI is InChI=1S/C13H19N5S/c1-8(2)12-17-9(3)10(19-12)7-16-13-15-6-5-11(14-4)18-13/h5-6,8H,7H2,1-4H3,(H2,14,15,16,18). The molecule has 5 nitrogen and oxygen atoms in total. The molecule has 0 amide bonds. The number of anilines is 2. The lowest BCUT2D eigenvalue weighted by Gasteiger charge is -2.05. The third kappa shape index (κ3) is 3.41. The molecular weight excluding hydrogens is 258 g/mol. The van der Waals surface area contributed by atoms with Crippen molar-refractivity contribution in [2.75, 3.05) is 17.7 Å². The fourth-order valence-corrected chi connectivity index (χ4v) is 2.61. The quantitative estimate of drug-likeness (QED) is 0.879. The molecule has 0 aliphatic heterocycles. The first-order valence-corrected chi connectivity index (χ1v) is 7.12. The van der Waals surface area contributed by atoms with Crippen LogP contribution in [0.3, 0.4) is 0 Å². The minimum atomic E-state index is 0.473. The van der Waals surface area contributed by atoms with Crippen molar-refractivity contribution in [3.8, 4) is 0 Å². The van der Waals surface area contributed by atoms with Crippen molar-refractivity contribution in [3.63, 3.8) is 0 Å². The summed E-state index contributed by atoms with van der Waals surface area (Å²) in [5.74, 6) is 1.91. The fourth-order valence-electron chi connectivity index (χ4n) is 1.60. The van der Waals surface area contributed by atoms with Crippen molar-refractivity contribution in [1.29, 1.82) is 0 Å². The summed E-state index contributed by atoms with van der Waals surface area (Å²) < 4.78 is 0. The Labute approximate surface area is 117 Å². The Hall–Kier alpha value is -1.69. The zero-order valence-electron chi connectivity index (χ0n) is 11.7. The molecule has 2 heterocycles. The van der Waals surface area contributed by atoms with E-state index in [0.29, 0.717) is 18.4 Å². The molecule has 0 radical (unpaired) electrons. The van der Waals surface area contributed by atoms with Crippen molar-refractivity contribution in [2.45, 2.75) is 33.2 Å². The van der Waals surface area contributed by atoms with Crippen LogP contribution in [0.5, 0.6) is 0 Å². The van der Waals surface area contributed by atoms with Crippen LogP contribution in [0.1, 0.15) is 35.3 Å². The molecule has 0 bridgehead atoms. The van der Waals surface area contributed by atoms with Gasteiger partial charge in [-0.3, -0.25) is 0 Å². The average Bonchev–Trinajstić information content (AvgIpc) is 2.78. The second-order valence-electron chi connectivity index (χ2n) is 4.58. The number of nitrogens with zero attached hydrogens (tertiary/aromatic N) is 3. The number of nitrogens with one attached hydrogen (secondary N) is 2. The van der Waals surface area contributed by atoms with Gasteiger partial charge in [-0.05, 0) is 13.0 Å². The maximum absolute atomic E-state index is 4.58. The molecule has 2 rings (SSSR count). The van der Waals surface area contributed by atoms with E-state index in [4.69, 9.17) is 0 Å². The van der Waals surface area contributed by atoms with E-state index in [9.17, 15) is 0 Å². The summed E-state index contributed by atoms with van der Waals surface area (Å²) in [6.45, 7) is 7.08. The lowest BCUT2D eigenvalue weighted by Crippen LogP contribution is -2.04. The average molecular weight is 277 g/mol. The van der Waals surface area contributed by atoms with E-state index >= 15 is 0 Å². The summed E-state index contributed by atoms with van der Waals surface area (Å²) in [7, 11) is 1.84. The van der Waals surface area contributed by atoms with E-state index in [1.165, 1.54) is 9.88 Å². The molecule has 0 saturated heterocycles. The third-order valence-corrected chi connectivity index (χ3v) is 4.18. The fraction of sp³-hybridized carbons (Fsp3) is 0.462. The van der Waals surface area contributed by atoms with Gasteiger partial charge in [-0.25, -0.2) is 9.97 Å². The lowest BCUT2D eigenvalue weighted by atomic mass is 10.2. The Balaban J connectivity index is 2.05. The van der Waals surface area contributed by atoms with Crippen molar-refractivity contribution in [3.05, 3.63) is 27.8 Å². The predicted octanol–water partition coefficient (Wildman–Crippen LogP) is 3.02. The summed E-state index contributed by atoms with van der Waals surface area (Å²) >= 11 is 1.75. The first-order chi connectivity index (χ1) is 9.10. The summed E-state index contributed by atoms with van der Waals surface area (Å²) in [5.41, 5.74) is 1.09. The molecule has 0 saturated carbocycles. The third-order valence-electron chi connectivity index (χ3n) is 2.72. The Bertz CT molecular complexity index is 550. The second-order valence-corrected chi connectivity index (χ2v) is 5.70. The van der Waals surface area contributed by atoms with Crippen LogP contribution in [0, 0.1) is 6.92 Å². The molecule has 0 aromatic carbocycles. The molecule has 0 spiro atoms. The number of hydrogen-bond acceptors (Lipinski definition) is 6. The van der Waals surface area contributed by atoms with Gasteiger partial charge in [0.05, 0.1) is 17.2 Å². The molecule has 0 unspecified atom stereocenters. The van der Waals surface area contributed by atoms with Gasteiger partial charge in [-0.15, -0.1) is 11.3 Å². The van der Waals surface area contributed by atoms with Gasteiger partial charge in [0.15, 0.2) is 0 Å². The second kappa shape index (κ2) is 5.97. The van der Waals surface area contributed by atoms with Gasteiger partial charge < -0.3 is 10.6 Å². The number of rotatable bonds is 5. The summed E-state index contributed by atoms with van der Waals surface area (Å²) in [5, 5.41) is 7.41. The van der Waals surface area contributed by atoms with Crippen LogP contribution in [-0.4, -0.2) is 22.0 Å². The Morgan fingerprint density at radius 2 is 2.11 bits per heavy atom. The van der Waals surface area contributed by atoms with Crippen molar-refractivity contribution in [2.24, 2.45) is 0 Å². The summed E-state index contributed by atoms with van der Waals surface area (Å²) in [6.07, 6.45) is 1.74. The van der Waals surface area contributed by atoms with E-state index in [1.807, 2.05) is 20.0 Å². The molecule has 0 aliphatic carbocycles. The molecule has 2 aromatic rings. The van der Waals surface area contributed by atoms with E-state index in [-0.39, 0.29) is 0 Å². The highest BCUT2D eigenvalue weighted by Crippen LogP contribution is 2.24. The highest BCUT2D eigenvalue weighted by molar-refractivity contribution is 7.11. The van der Waals surface area contributed by atoms with Crippen LogP contribution in [0.15, 0.2) is 12.3 Å². The van der Waals surface area contributed by atoms with Gasteiger partial charge in [0, 0.05) is 24.0 Å². The normalized spacial score (nSPS) is 10.8. The van der Waals surface area contributed by atoms with Gasteiger partial charge in [-0.1, -0.05) is 13.8 Å². The van der Waals surface area contributed by atoms with Crippen molar-refractivity contribution >= 4 is 23.1 Å². The molecule has 0 aliphatic rings. The SMILES string of the molecule is CNc1ccnc(NCc2sc(C(C)C)nc2C)n1.